The third kappa shape index (κ3) is 3.52. The summed E-state index contributed by atoms with van der Waals surface area (Å²) >= 11 is 6.33. The van der Waals surface area contributed by atoms with E-state index in [0.717, 1.165) is 5.56 Å². The number of rotatable bonds is 3. The average molecular weight is 407 g/mol. The molecule has 0 unspecified atom stereocenters. The van der Waals surface area contributed by atoms with E-state index in [1.807, 2.05) is 6.92 Å². The van der Waals surface area contributed by atoms with Gasteiger partial charge in [0.15, 0.2) is 5.82 Å². The number of hydrogen-bond acceptors (Lipinski definition) is 4. The van der Waals surface area contributed by atoms with Crippen molar-refractivity contribution in [2.75, 3.05) is 4.72 Å². The summed E-state index contributed by atoms with van der Waals surface area (Å²) in [5, 5.41) is 0. The van der Waals surface area contributed by atoms with Crippen LogP contribution in [0.25, 0.3) is 0 Å². The van der Waals surface area contributed by atoms with Crippen LogP contribution in [0.3, 0.4) is 0 Å². The number of anilines is 1. The summed E-state index contributed by atoms with van der Waals surface area (Å²) in [7, 11) is -3.65. The summed E-state index contributed by atoms with van der Waals surface area (Å²) < 4.78 is 27.5. The molecule has 2 rings (SSSR count). The van der Waals surface area contributed by atoms with Gasteiger partial charge in [-0.2, -0.15) is 0 Å². The van der Waals surface area contributed by atoms with E-state index < -0.39 is 10.0 Å². The average Bonchev–Trinajstić information content (AvgIpc) is 2.34. The number of benzene rings is 1. The highest BCUT2D eigenvalue weighted by Gasteiger charge is 2.15. The van der Waals surface area contributed by atoms with Crippen molar-refractivity contribution in [3.8, 4) is 0 Å². The first-order valence-corrected chi connectivity index (χ1v) is 8.23. The summed E-state index contributed by atoms with van der Waals surface area (Å²) in [4.78, 5) is 8.15. The van der Waals surface area contributed by atoms with Crippen LogP contribution in [-0.4, -0.2) is 18.4 Å². The molecule has 1 aromatic carbocycles. The molecule has 0 atom stereocenters. The number of nitrogens with zero attached hydrogens (tertiary/aromatic N) is 2. The van der Waals surface area contributed by atoms with Gasteiger partial charge >= 0.3 is 0 Å². The van der Waals surface area contributed by atoms with Gasteiger partial charge in [0.2, 0.25) is 0 Å². The fourth-order valence-electron chi connectivity index (χ4n) is 1.32. The van der Waals surface area contributed by atoms with Crippen LogP contribution < -0.4 is 4.72 Å². The zero-order chi connectivity index (χ0) is 14.0. The molecule has 0 aliphatic heterocycles. The van der Waals surface area contributed by atoms with Crippen LogP contribution in [-0.2, 0) is 10.0 Å². The van der Waals surface area contributed by atoms with Gasteiger partial charge in [-0.25, -0.2) is 18.4 Å². The maximum absolute atomic E-state index is 12.1. The monoisotopic (exact) mass is 405 g/mol. The van der Waals surface area contributed by atoms with Crippen molar-refractivity contribution in [3.05, 3.63) is 45.2 Å². The molecule has 5 nitrogen and oxygen atoms in total. The van der Waals surface area contributed by atoms with Gasteiger partial charge in [0.25, 0.3) is 10.0 Å². The number of hydrogen-bond donors (Lipinski definition) is 1. The van der Waals surface area contributed by atoms with Crippen molar-refractivity contribution in [2.45, 2.75) is 11.8 Å². The van der Waals surface area contributed by atoms with Gasteiger partial charge in [0.05, 0.1) is 11.1 Å². The van der Waals surface area contributed by atoms with Crippen LogP contribution in [0.5, 0.6) is 0 Å². The third-order valence-corrected chi connectivity index (χ3v) is 5.30. The molecule has 2 aromatic rings. The molecule has 100 valence electrons. The summed E-state index contributed by atoms with van der Waals surface area (Å²) in [6.07, 6.45) is 1.33. The van der Waals surface area contributed by atoms with Crippen LogP contribution in [0, 0.1) is 6.92 Å². The predicted molar refractivity (Wildman–Crippen MR) is 79.4 cm³/mol. The number of nitrogens with one attached hydrogen (secondary N) is 1. The second-order valence-corrected chi connectivity index (χ2v) is 6.94. The topological polar surface area (TPSA) is 72.0 Å². The third-order valence-electron chi connectivity index (χ3n) is 2.26. The zero-order valence-electron chi connectivity index (χ0n) is 9.76. The van der Waals surface area contributed by atoms with Crippen molar-refractivity contribution in [3.63, 3.8) is 0 Å². The first-order chi connectivity index (χ1) is 8.88. The summed E-state index contributed by atoms with van der Waals surface area (Å²) in [5.41, 5.74) is 0.991. The first kappa shape index (κ1) is 14.4. The highest BCUT2D eigenvalue weighted by atomic mass is 79.9. The molecular formula is C11H9Br2N3O2S. The molecule has 0 bridgehead atoms. The van der Waals surface area contributed by atoms with Crippen LogP contribution in [0.4, 0.5) is 5.82 Å². The normalized spacial score (nSPS) is 11.3. The fraction of sp³-hybridized carbons (Fsp3) is 0.0909. The molecule has 0 saturated carbocycles. The summed E-state index contributed by atoms with van der Waals surface area (Å²) in [6, 6.07) is 6.55. The van der Waals surface area contributed by atoms with E-state index in [-0.39, 0.29) is 10.7 Å². The summed E-state index contributed by atoms with van der Waals surface area (Å²) in [5.74, 6) is 0.149. The molecule has 0 aliphatic carbocycles. The second kappa shape index (κ2) is 5.56. The Hall–Kier alpha value is -0.990. The molecule has 0 radical (unpaired) electrons. The van der Waals surface area contributed by atoms with E-state index in [9.17, 15) is 8.42 Å². The second-order valence-electron chi connectivity index (χ2n) is 3.76. The number of aryl methyl sites for hydroxylation is 1. The molecule has 0 fully saturated rings. The lowest BCUT2D eigenvalue weighted by atomic mass is 10.2. The molecule has 1 heterocycles. The molecule has 0 amide bonds. The molecule has 1 N–H and O–H groups in total. The van der Waals surface area contributed by atoms with Gasteiger partial charge in [-0.05, 0) is 50.9 Å². The lowest BCUT2D eigenvalue weighted by Crippen LogP contribution is -2.14. The van der Waals surface area contributed by atoms with Crippen LogP contribution >= 0.6 is 31.9 Å². The standard InChI is InChI=1S/C11H9Br2N3O2S/c1-7-2-4-8(5-3-7)19(17,18)16-9-6-14-10(12)11(13)15-9/h2-6H,1H3,(H,15,16). The van der Waals surface area contributed by atoms with Crippen molar-refractivity contribution >= 4 is 47.7 Å². The molecule has 19 heavy (non-hydrogen) atoms. The molecule has 0 saturated heterocycles. The molecule has 0 spiro atoms. The quantitative estimate of drug-likeness (QED) is 0.849. The number of sulfonamides is 1. The SMILES string of the molecule is Cc1ccc(S(=O)(=O)Nc2cnc(Br)c(Br)n2)cc1. The lowest BCUT2D eigenvalue weighted by Gasteiger charge is -2.07. The van der Waals surface area contributed by atoms with Crippen LogP contribution in [0.1, 0.15) is 5.56 Å². The van der Waals surface area contributed by atoms with Gasteiger partial charge in [-0.15, -0.1) is 0 Å². The fourth-order valence-corrected chi connectivity index (χ4v) is 2.79. The van der Waals surface area contributed by atoms with Gasteiger partial charge in [-0.1, -0.05) is 17.7 Å². The Morgan fingerprint density at radius 3 is 2.32 bits per heavy atom. The van der Waals surface area contributed by atoms with E-state index in [0.29, 0.717) is 9.21 Å². The van der Waals surface area contributed by atoms with Gasteiger partial charge in [0, 0.05) is 0 Å². The minimum atomic E-state index is -3.65. The molecule has 1 aromatic heterocycles. The van der Waals surface area contributed by atoms with Gasteiger partial charge in [-0.3, -0.25) is 4.72 Å². The van der Waals surface area contributed by atoms with Crippen molar-refractivity contribution in [2.24, 2.45) is 0 Å². The number of aromatic nitrogens is 2. The molecule has 0 aliphatic rings. The van der Waals surface area contributed by atoms with Gasteiger partial charge < -0.3 is 0 Å². The molecular weight excluding hydrogens is 398 g/mol. The minimum Gasteiger partial charge on any atom is -0.262 e. The Kier molecular flexibility index (Phi) is 4.22. The smallest absolute Gasteiger partial charge is 0.262 e. The highest BCUT2D eigenvalue weighted by Crippen LogP contribution is 2.21. The van der Waals surface area contributed by atoms with Gasteiger partial charge in [0.1, 0.15) is 9.21 Å². The van der Waals surface area contributed by atoms with Crippen molar-refractivity contribution in [1.29, 1.82) is 0 Å². The van der Waals surface area contributed by atoms with E-state index in [1.54, 1.807) is 24.3 Å². The number of halogens is 2. The Balaban J connectivity index is 2.30. The largest absolute Gasteiger partial charge is 0.263 e. The lowest BCUT2D eigenvalue weighted by molar-refractivity contribution is 0.601. The van der Waals surface area contributed by atoms with E-state index in [4.69, 9.17) is 0 Å². The first-order valence-electron chi connectivity index (χ1n) is 5.16. The van der Waals surface area contributed by atoms with E-state index in [1.165, 1.54) is 6.20 Å². The Bertz CT molecular complexity index is 702. The van der Waals surface area contributed by atoms with Crippen molar-refractivity contribution < 1.29 is 8.42 Å². The van der Waals surface area contributed by atoms with E-state index >= 15 is 0 Å². The predicted octanol–water partition coefficient (Wildman–Crippen LogP) is 3.11. The Morgan fingerprint density at radius 1 is 1.11 bits per heavy atom. The highest BCUT2D eigenvalue weighted by molar-refractivity contribution is 9.13. The maximum Gasteiger partial charge on any atom is 0.263 e. The maximum atomic E-state index is 12.1. The van der Waals surface area contributed by atoms with Crippen LogP contribution in [0.15, 0.2) is 44.6 Å². The Labute approximate surface area is 127 Å². The van der Waals surface area contributed by atoms with Crippen molar-refractivity contribution in [1.82, 2.24) is 9.97 Å². The van der Waals surface area contributed by atoms with Crippen LogP contribution in [0.2, 0.25) is 0 Å². The van der Waals surface area contributed by atoms with E-state index in [2.05, 4.69) is 46.5 Å². The summed E-state index contributed by atoms with van der Waals surface area (Å²) in [6.45, 7) is 1.89. The minimum absolute atomic E-state index is 0.149. The molecule has 8 heteroatoms. The zero-order valence-corrected chi connectivity index (χ0v) is 13.8. The Morgan fingerprint density at radius 2 is 1.74 bits per heavy atom.